The van der Waals surface area contributed by atoms with Crippen molar-refractivity contribution >= 4 is 0 Å². The maximum Gasteiger partial charge on any atom is 0.0492 e. The van der Waals surface area contributed by atoms with Crippen LogP contribution in [0.5, 0.6) is 0 Å². The first-order valence-corrected chi connectivity index (χ1v) is 7.49. The van der Waals surface area contributed by atoms with Gasteiger partial charge in [-0.2, -0.15) is 5.10 Å². The van der Waals surface area contributed by atoms with Crippen molar-refractivity contribution in [1.29, 1.82) is 0 Å². The van der Waals surface area contributed by atoms with Crippen LogP contribution in [-0.4, -0.2) is 22.9 Å². The van der Waals surface area contributed by atoms with Crippen LogP contribution in [0.2, 0.25) is 0 Å². The molecule has 3 nitrogen and oxygen atoms in total. The van der Waals surface area contributed by atoms with Gasteiger partial charge in [-0.05, 0) is 56.7 Å². The van der Waals surface area contributed by atoms with Gasteiger partial charge in [0.25, 0.3) is 0 Å². The number of nitrogens with one attached hydrogen (secondary N) is 1. The lowest BCUT2D eigenvalue weighted by atomic mass is 9.91. The summed E-state index contributed by atoms with van der Waals surface area (Å²) < 4.78 is 2.01. The van der Waals surface area contributed by atoms with Gasteiger partial charge in [-0.1, -0.05) is 19.8 Å². The predicted octanol–water partition coefficient (Wildman–Crippen LogP) is 2.77. The zero-order chi connectivity index (χ0) is 12.8. The van der Waals surface area contributed by atoms with Crippen molar-refractivity contribution in [2.45, 2.75) is 45.4 Å². The summed E-state index contributed by atoms with van der Waals surface area (Å²) in [5.41, 5.74) is 1.38. The molecule has 0 spiro atoms. The summed E-state index contributed by atoms with van der Waals surface area (Å²) in [6.45, 7) is 4.64. The van der Waals surface area contributed by atoms with E-state index in [1.165, 1.54) is 57.3 Å². The van der Waals surface area contributed by atoms with E-state index in [2.05, 4.69) is 23.4 Å². The lowest BCUT2D eigenvalue weighted by molar-refractivity contribution is 0.345. The molecule has 2 rings (SSSR count). The van der Waals surface area contributed by atoms with Crippen molar-refractivity contribution in [3.63, 3.8) is 0 Å². The molecule has 102 valence electrons. The summed E-state index contributed by atoms with van der Waals surface area (Å²) in [4.78, 5) is 0. The van der Waals surface area contributed by atoms with Crippen LogP contribution >= 0.6 is 0 Å². The number of hydrogen-bond acceptors (Lipinski definition) is 2. The zero-order valence-corrected chi connectivity index (χ0v) is 11.9. The Hall–Kier alpha value is -0.830. The lowest BCUT2D eigenvalue weighted by Crippen LogP contribution is -2.26. The topological polar surface area (TPSA) is 29.9 Å². The molecule has 1 heterocycles. The maximum atomic E-state index is 4.25. The number of hydrogen-bond donors (Lipinski definition) is 1. The Balaban J connectivity index is 1.75. The summed E-state index contributed by atoms with van der Waals surface area (Å²) in [5, 5.41) is 7.84. The number of nitrogens with zero attached hydrogens (tertiary/aromatic N) is 2. The molecule has 1 N–H and O–H groups in total. The second-order valence-electron chi connectivity index (χ2n) is 5.64. The van der Waals surface area contributed by atoms with Gasteiger partial charge in [-0.3, -0.25) is 4.68 Å². The molecule has 1 fully saturated rings. The SMILES string of the molecule is CCCNCC1CCCC1CCc1ccnn1C. The van der Waals surface area contributed by atoms with Crippen LogP contribution < -0.4 is 5.32 Å². The quantitative estimate of drug-likeness (QED) is 0.753. The summed E-state index contributed by atoms with van der Waals surface area (Å²) in [5.74, 6) is 1.83. The molecule has 0 radical (unpaired) electrons. The minimum Gasteiger partial charge on any atom is -0.316 e. The fourth-order valence-corrected chi connectivity index (χ4v) is 3.21. The number of rotatable bonds is 7. The standard InChI is InChI=1S/C15H27N3/c1-3-10-16-12-14-6-4-5-13(14)7-8-15-9-11-17-18(15)2/h9,11,13-14,16H,3-8,10,12H2,1-2H3. The molecule has 3 heteroatoms. The second-order valence-corrected chi connectivity index (χ2v) is 5.64. The van der Waals surface area contributed by atoms with Crippen molar-refractivity contribution in [3.8, 4) is 0 Å². The molecule has 1 aliphatic rings. The highest BCUT2D eigenvalue weighted by molar-refractivity contribution is 5.00. The van der Waals surface area contributed by atoms with Crippen LogP contribution in [0.1, 0.15) is 44.7 Å². The van der Waals surface area contributed by atoms with Gasteiger partial charge in [0.05, 0.1) is 0 Å². The first-order valence-electron chi connectivity index (χ1n) is 7.49. The van der Waals surface area contributed by atoms with Gasteiger partial charge in [0, 0.05) is 18.9 Å². The van der Waals surface area contributed by atoms with Gasteiger partial charge in [0.1, 0.15) is 0 Å². The smallest absolute Gasteiger partial charge is 0.0492 e. The highest BCUT2D eigenvalue weighted by Gasteiger charge is 2.26. The number of aryl methyl sites for hydroxylation is 2. The molecule has 1 aromatic rings. The Kier molecular flexibility index (Phi) is 5.24. The average Bonchev–Trinajstić information content (AvgIpc) is 2.96. The van der Waals surface area contributed by atoms with E-state index in [0.29, 0.717) is 0 Å². The summed E-state index contributed by atoms with van der Waals surface area (Å²) in [7, 11) is 2.05. The Morgan fingerprint density at radius 1 is 1.39 bits per heavy atom. The van der Waals surface area contributed by atoms with Gasteiger partial charge in [0.2, 0.25) is 0 Å². The molecule has 0 bridgehead atoms. The Labute approximate surface area is 111 Å². The molecule has 0 amide bonds. The van der Waals surface area contributed by atoms with Crippen LogP contribution in [0.15, 0.2) is 12.3 Å². The molecular weight excluding hydrogens is 222 g/mol. The van der Waals surface area contributed by atoms with Crippen molar-refractivity contribution in [3.05, 3.63) is 18.0 Å². The van der Waals surface area contributed by atoms with E-state index in [-0.39, 0.29) is 0 Å². The largest absolute Gasteiger partial charge is 0.316 e. The van der Waals surface area contributed by atoms with Gasteiger partial charge >= 0.3 is 0 Å². The molecule has 0 aromatic carbocycles. The molecule has 0 saturated heterocycles. The average molecular weight is 249 g/mol. The van der Waals surface area contributed by atoms with Crippen molar-refractivity contribution in [2.24, 2.45) is 18.9 Å². The predicted molar refractivity (Wildman–Crippen MR) is 75.5 cm³/mol. The Morgan fingerprint density at radius 2 is 2.22 bits per heavy atom. The number of aromatic nitrogens is 2. The van der Waals surface area contributed by atoms with Crippen LogP contribution in [-0.2, 0) is 13.5 Å². The maximum absolute atomic E-state index is 4.25. The molecule has 1 saturated carbocycles. The molecule has 1 aliphatic carbocycles. The molecule has 18 heavy (non-hydrogen) atoms. The van der Waals surface area contributed by atoms with Gasteiger partial charge in [-0.25, -0.2) is 0 Å². The summed E-state index contributed by atoms with van der Waals surface area (Å²) >= 11 is 0. The van der Waals surface area contributed by atoms with Gasteiger partial charge in [0.15, 0.2) is 0 Å². The van der Waals surface area contributed by atoms with Crippen molar-refractivity contribution in [1.82, 2.24) is 15.1 Å². The zero-order valence-electron chi connectivity index (χ0n) is 11.9. The minimum absolute atomic E-state index is 0.907. The Bertz CT molecular complexity index is 345. The third-order valence-electron chi connectivity index (χ3n) is 4.34. The first kappa shape index (κ1) is 13.6. The minimum atomic E-state index is 0.907. The fraction of sp³-hybridized carbons (Fsp3) is 0.800. The summed E-state index contributed by atoms with van der Waals surface area (Å²) in [6.07, 6.45) is 9.94. The third-order valence-corrected chi connectivity index (χ3v) is 4.34. The normalized spacial score (nSPS) is 23.7. The monoisotopic (exact) mass is 249 g/mol. The van der Waals surface area contributed by atoms with Crippen LogP contribution in [0.4, 0.5) is 0 Å². The van der Waals surface area contributed by atoms with E-state index in [1.807, 2.05) is 17.9 Å². The highest BCUT2D eigenvalue weighted by Crippen LogP contribution is 2.34. The van der Waals surface area contributed by atoms with E-state index in [0.717, 1.165) is 11.8 Å². The van der Waals surface area contributed by atoms with Gasteiger partial charge in [-0.15, -0.1) is 0 Å². The highest BCUT2D eigenvalue weighted by atomic mass is 15.2. The van der Waals surface area contributed by atoms with E-state index in [4.69, 9.17) is 0 Å². The van der Waals surface area contributed by atoms with Crippen molar-refractivity contribution < 1.29 is 0 Å². The molecule has 2 atom stereocenters. The fourth-order valence-electron chi connectivity index (χ4n) is 3.21. The van der Waals surface area contributed by atoms with Crippen LogP contribution in [0, 0.1) is 11.8 Å². The molecule has 2 unspecified atom stereocenters. The first-order chi connectivity index (χ1) is 8.81. The second kappa shape index (κ2) is 6.93. The van der Waals surface area contributed by atoms with Gasteiger partial charge < -0.3 is 5.32 Å². The van der Waals surface area contributed by atoms with E-state index >= 15 is 0 Å². The molecule has 1 aromatic heterocycles. The molecular formula is C15H27N3. The summed E-state index contributed by atoms with van der Waals surface area (Å²) in [6, 6.07) is 2.15. The van der Waals surface area contributed by atoms with Crippen LogP contribution in [0.3, 0.4) is 0 Å². The van der Waals surface area contributed by atoms with E-state index < -0.39 is 0 Å². The lowest BCUT2D eigenvalue weighted by Gasteiger charge is -2.20. The van der Waals surface area contributed by atoms with E-state index in [1.54, 1.807) is 0 Å². The molecule has 0 aliphatic heterocycles. The van der Waals surface area contributed by atoms with Crippen LogP contribution in [0.25, 0.3) is 0 Å². The Morgan fingerprint density at radius 3 is 2.94 bits per heavy atom. The van der Waals surface area contributed by atoms with E-state index in [9.17, 15) is 0 Å². The van der Waals surface area contributed by atoms with Crippen molar-refractivity contribution in [2.75, 3.05) is 13.1 Å². The third kappa shape index (κ3) is 3.58.